The Balaban J connectivity index is 0.000000707. The Morgan fingerprint density at radius 1 is 1.13 bits per heavy atom. The SMILES string of the molecule is CCOc1cc2c(cc1C(=O)NC)C(=N)N(CC(=O)c1cc(N3CCC(O)C3)c(OC)c(C(C)(C)C)c1)C2.O=C(O)C(F)(F)F. The molecule has 246 valence electrons. The normalized spacial score (nSPS) is 16.1. The number of carboxylic acids is 1. The van der Waals surface area contributed by atoms with Crippen molar-refractivity contribution in [2.45, 2.75) is 58.4 Å². The second kappa shape index (κ2) is 13.8. The number of ether oxygens (including phenoxy) is 2. The third kappa shape index (κ3) is 8.04. The number of carbonyl (C=O) groups is 3. The van der Waals surface area contributed by atoms with E-state index in [-0.39, 0.29) is 29.5 Å². The molecule has 0 spiro atoms. The molecule has 14 heteroatoms. The first-order valence-corrected chi connectivity index (χ1v) is 14.3. The van der Waals surface area contributed by atoms with Crippen LogP contribution >= 0.6 is 0 Å². The Hall–Kier alpha value is -4.33. The molecule has 11 nitrogen and oxygen atoms in total. The molecule has 1 fully saturated rings. The van der Waals surface area contributed by atoms with Gasteiger partial charge in [-0.1, -0.05) is 20.8 Å². The standard InChI is InChI=1S/C29H38N4O5.C2HF3O2/c1-7-38-25-12-18-14-33(27(30)20(18)13-21(25)28(36)31-5)16-24(35)17-10-22(29(2,3)4)26(37-6)23(11-17)32-9-8-19(34)15-32;3-2(4,5)1(6)7/h10-13,19,30,34H,7-9,14-16H2,1-6H3,(H,31,36);(H,6,7). The van der Waals surface area contributed by atoms with E-state index in [1.54, 1.807) is 31.2 Å². The quantitative estimate of drug-likeness (QED) is 0.315. The fourth-order valence-electron chi connectivity index (χ4n) is 5.16. The predicted molar refractivity (Wildman–Crippen MR) is 161 cm³/mol. The molecule has 1 atom stereocenters. The van der Waals surface area contributed by atoms with Gasteiger partial charge in [0.15, 0.2) is 5.78 Å². The first kappa shape index (κ1) is 35.2. The molecular weight excluding hydrogens is 597 g/mol. The van der Waals surface area contributed by atoms with E-state index in [9.17, 15) is 27.9 Å². The fourth-order valence-corrected chi connectivity index (χ4v) is 5.16. The third-order valence-corrected chi connectivity index (χ3v) is 7.39. The second-order valence-corrected chi connectivity index (χ2v) is 11.7. The number of hydrogen-bond donors (Lipinski definition) is 4. The maximum absolute atomic E-state index is 13.7. The Labute approximate surface area is 259 Å². The van der Waals surface area contributed by atoms with Crippen LogP contribution in [0.25, 0.3) is 0 Å². The molecule has 1 amide bonds. The fraction of sp³-hybridized carbons (Fsp3) is 0.484. The van der Waals surface area contributed by atoms with E-state index < -0.39 is 18.2 Å². The van der Waals surface area contributed by atoms with Crippen LogP contribution in [0.5, 0.6) is 11.5 Å². The van der Waals surface area contributed by atoms with E-state index in [1.165, 1.54) is 0 Å². The molecule has 2 aromatic rings. The lowest BCUT2D eigenvalue weighted by Gasteiger charge is -2.29. The second-order valence-electron chi connectivity index (χ2n) is 11.7. The summed E-state index contributed by atoms with van der Waals surface area (Å²) in [4.78, 5) is 38.8. The lowest BCUT2D eigenvalue weighted by atomic mass is 9.84. The summed E-state index contributed by atoms with van der Waals surface area (Å²) in [6.07, 6.45) is -4.83. The zero-order chi connectivity index (χ0) is 33.9. The molecule has 0 aromatic heterocycles. The van der Waals surface area contributed by atoms with Gasteiger partial charge in [-0.25, -0.2) is 4.79 Å². The molecule has 0 saturated carbocycles. The van der Waals surface area contributed by atoms with Crippen LogP contribution in [0.3, 0.4) is 0 Å². The van der Waals surface area contributed by atoms with Gasteiger partial charge in [0.25, 0.3) is 5.91 Å². The molecule has 0 aliphatic carbocycles. The summed E-state index contributed by atoms with van der Waals surface area (Å²) in [5.41, 5.74) is 3.81. The van der Waals surface area contributed by atoms with Crippen LogP contribution in [0.1, 0.15) is 71.5 Å². The number of aliphatic hydroxyl groups excluding tert-OH is 1. The highest BCUT2D eigenvalue weighted by molar-refractivity contribution is 6.08. The van der Waals surface area contributed by atoms with Crippen LogP contribution in [-0.2, 0) is 16.8 Å². The number of anilines is 1. The van der Waals surface area contributed by atoms with Gasteiger partial charge in [0.05, 0.1) is 37.6 Å². The molecule has 2 aliphatic rings. The Kier molecular flexibility index (Phi) is 10.7. The van der Waals surface area contributed by atoms with Gasteiger partial charge in [0.2, 0.25) is 0 Å². The number of ketones is 1. The van der Waals surface area contributed by atoms with Gasteiger partial charge in [-0.3, -0.25) is 15.0 Å². The number of aliphatic carboxylic acids is 1. The first-order valence-electron chi connectivity index (χ1n) is 14.3. The van der Waals surface area contributed by atoms with E-state index in [0.717, 1.165) is 22.6 Å². The van der Waals surface area contributed by atoms with Crippen molar-refractivity contribution in [3.05, 3.63) is 52.1 Å². The maximum atomic E-state index is 13.7. The molecule has 0 radical (unpaired) electrons. The smallest absolute Gasteiger partial charge is 0.490 e. The minimum Gasteiger partial charge on any atom is -0.494 e. The number of benzene rings is 2. The minimum atomic E-state index is -5.08. The van der Waals surface area contributed by atoms with Crippen molar-refractivity contribution in [1.29, 1.82) is 5.41 Å². The number of aliphatic hydroxyl groups is 1. The average molecular weight is 637 g/mol. The summed E-state index contributed by atoms with van der Waals surface area (Å²) >= 11 is 0. The molecular formula is C31H39F3N4O7. The van der Waals surface area contributed by atoms with E-state index in [0.29, 0.717) is 55.1 Å². The lowest BCUT2D eigenvalue weighted by molar-refractivity contribution is -0.192. The number of amidine groups is 1. The number of β-amino-alcohol motifs (C(OH)–C–C–N with tert-alkyl or cyclic N) is 1. The van der Waals surface area contributed by atoms with Crippen molar-refractivity contribution in [3.8, 4) is 11.5 Å². The molecule has 4 N–H and O–H groups in total. The zero-order valence-corrected chi connectivity index (χ0v) is 26.1. The number of carboxylic acid groups (broad SMARTS) is 1. The molecule has 0 bridgehead atoms. The van der Waals surface area contributed by atoms with E-state index in [2.05, 4.69) is 31.0 Å². The van der Waals surface area contributed by atoms with Gasteiger partial charge >= 0.3 is 12.1 Å². The average Bonchev–Trinajstić information content (AvgIpc) is 3.53. The Morgan fingerprint density at radius 2 is 1.78 bits per heavy atom. The summed E-state index contributed by atoms with van der Waals surface area (Å²) in [5.74, 6) is -1.77. The van der Waals surface area contributed by atoms with Gasteiger partial charge in [0.1, 0.15) is 17.3 Å². The molecule has 2 heterocycles. The third-order valence-electron chi connectivity index (χ3n) is 7.39. The predicted octanol–water partition coefficient (Wildman–Crippen LogP) is 3.98. The van der Waals surface area contributed by atoms with E-state index in [1.807, 2.05) is 19.1 Å². The van der Waals surface area contributed by atoms with Crippen molar-refractivity contribution in [2.75, 3.05) is 45.3 Å². The summed E-state index contributed by atoms with van der Waals surface area (Å²) in [6, 6.07) is 7.21. The highest BCUT2D eigenvalue weighted by Crippen LogP contribution is 2.41. The van der Waals surface area contributed by atoms with Crippen molar-refractivity contribution in [1.82, 2.24) is 10.2 Å². The largest absolute Gasteiger partial charge is 0.494 e. The molecule has 1 unspecified atom stereocenters. The number of amides is 1. The number of nitrogens with one attached hydrogen (secondary N) is 2. The number of methoxy groups -OCH3 is 1. The summed E-state index contributed by atoms with van der Waals surface area (Å²) < 4.78 is 43.3. The minimum absolute atomic E-state index is 0.0186. The number of alkyl halides is 3. The topological polar surface area (TPSA) is 152 Å². The summed E-state index contributed by atoms with van der Waals surface area (Å²) in [7, 11) is 3.19. The molecule has 4 rings (SSSR count). The Morgan fingerprint density at radius 3 is 2.27 bits per heavy atom. The Bertz CT molecular complexity index is 1470. The van der Waals surface area contributed by atoms with Crippen molar-refractivity contribution < 1.29 is 47.2 Å². The van der Waals surface area contributed by atoms with E-state index in [4.69, 9.17) is 24.8 Å². The summed E-state index contributed by atoms with van der Waals surface area (Å²) in [5, 5.41) is 28.7. The number of rotatable bonds is 8. The maximum Gasteiger partial charge on any atom is 0.490 e. The van der Waals surface area contributed by atoms with Crippen LogP contribution in [-0.4, -0.2) is 91.3 Å². The molecule has 45 heavy (non-hydrogen) atoms. The van der Waals surface area contributed by atoms with E-state index >= 15 is 0 Å². The zero-order valence-electron chi connectivity index (χ0n) is 26.1. The van der Waals surface area contributed by atoms with Gasteiger partial charge < -0.3 is 34.8 Å². The number of hydrogen-bond acceptors (Lipinski definition) is 8. The van der Waals surface area contributed by atoms with Gasteiger partial charge in [-0.15, -0.1) is 0 Å². The lowest BCUT2D eigenvalue weighted by Crippen LogP contribution is -2.31. The van der Waals surface area contributed by atoms with Crippen LogP contribution in [0.15, 0.2) is 24.3 Å². The van der Waals surface area contributed by atoms with Gasteiger partial charge in [-0.2, -0.15) is 13.2 Å². The first-order chi connectivity index (χ1) is 20.9. The van der Waals surface area contributed by atoms with Crippen LogP contribution in [0.4, 0.5) is 18.9 Å². The number of Topliss-reactive ketones (excluding diaryl/α,β-unsaturated/α-hetero) is 1. The van der Waals surface area contributed by atoms with Gasteiger partial charge in [0, 0.05) is 43.4 Å². The molecule has 1 saturated heterocycles. The summed E-state index contributed by atoms with van der Waals surface area (Å²) in [6.45, 7) is 10.1. The van der Waals surface area contributed by atoms with Crippen molar-refractivity contribution in [2.24, 2.45) is 0 Å². The number of halogens is 3. The van der Waals surface area contributed by atoms with Gasteiger partial charge in [-0.05, 0) is 48.6 Å². The number of carbonyl (C=O) groups excluding carboxylic acids is 2. The van der Waals surface area contributed by atoms with Crippen LogP contribution in [0, 0.1) is 5.41 Å². The van der Waals surface area contributed by atoms with Crippen molar-refractivity contribution >= 4 is 29.2 Å². The van der Waals surface area contributed by atoms with Crippen LogP contribution < -0.4 is 19.7 Å². The molecule has 2 aliphatic heterocycles. The van der Waals surface area contributed by atoms with Crippen molar-refractivity contribution in [3.63, 3.8) is 0 Å². The highest BCUT2D eigenvalue weighted by atomic mass is 19.4. The highest BCUT2D eigenvalue weighted by Gasteiger charge is 2.38. The number of nitrogens with zero attached hydrogens (tertiary/aromatic N) is 2. The number of fused-ring (bicyclic) bond motifs is 1. The molecule has 2 aromatic carbocycles. The monoisotopic (exact) mass is 636 g/mol. The van der Waals surface area contributed by atoms with Crippen LogP contribution in [0.2, 0.25) is 0 Å².